The van der Waals surface area contributed by atoms with E-state index in [0.717, 1.165) is 27.8 Å². The summed E-state index contributed by atoms with van der Waals surface area (Å²) in [6.07, 6.45) is 0.870. The number of hydrogen-bond donors (Lipinski definition) is 0. The van der Waals surface area contributed by atoms with Gasteiger partial charge in [-0.1, -0.05) is 36.4 Å². The smallest absolute Gasteiger partial charge is 0.150 e. The van der Waals surface area contributed by atoms with Crippen molar-refractivity contribution in [3.8, 4) is 0 Å². The number of carbonyl (C=O) groups is 1. The highest BCUT2D eigenvalue weighted by atomic mass is 16.1. The minimum atomic E-state index is 0.705. The number of aldehydes is 1. The van der Waals surface area contributed by atoms with Crippen LogP contribution in [0.5, 0.6) is 0 Å². The molecular formula is C15H9O. The lowest BCUT2D eigenvalue weighted by atomic mass is 10.0. The zero-order valence-corrected chi connectivity index (χ0v) is 8.60. The van der Waals surface area contributed by atoms with E-state index in [0.29, 0.717) is 5.56 Å². The topological polar surface area (TPSA) is 17.1 Å². The van der Waals surface area contributed by atoms with Gasteiger partial charge in [0.25, 0.3) is 0 Å². The van der Waals surface area contributed by atoms with Gasteiger partial charge >= 0.3 is 0 Å². The highest BCUT2D eigenvalue weighted by Crippen LogP contribution is 2.22. The molecule has 0 heterocycles. The molecular weight excluding hydrogens is 196 g/mol. The average Bonchev–Trinajstić information content (AvgIpc) is 2.35. The van der Waals surface area contributed by atoms with Crippen molar-refractivity contribution in [2.75, 3.05) is 0 Å². The molecule has 0 spiro atoms. The summed E-state index contributed by atoms with van der Waals surface area (Å²) in [5.41, 5.74) is 0.705. The van der Waals surface area contributed by atoms with Crippen molar-refractivity contribution in [3.63, 3.8) is 0 Å². The van der Waals surface area contributed by atoms with Gasteiger partial charge in [0.05, 0.1) is 0 Å². The van der Waals surface area contributed by atoms with Crippen molar-refractivity contribution in [2.24, 2.45) is 0 Å². The number of rotatable bonds is 1. The lowest BCUT2D eigenvalue weighted by Crippen LogP contribution is -1.81. The van der Waals surface area contributed by atoms with Gasteiger partial charge in [-0.2, -0.15) is 0 Å². The molecule has 0 bridgehead atoms. The summed E-state index contributed by atoms with van der Waals surface area (Å²) in [5.74, 6) is 0. The van der Waals surface area contributed by atoms with E-state index in [4.69, 9.17) is 0 Å². The molecule has 3 aromatic rings. The molecule has 0 N–H and O–H groups in total. The van der Waals surface area contributed by atoms with Crippen molar-refractivity contribution in [3.05, 3.63) is 60.2 Å². The first-order valence-corrected chi connectivity index (χ1v) is 5.17. The Morgan fingerprint density at radius 1 is 0.875 bits per heavy atom. The Balaban J connectivity index is 2.41. The van der Waals surface area contributed by atoms with Crippen LogP contribution in [-0.2, 0) is 0 Å². The van der Waals surface area contributed by atoms with E-state index in [1.54, 1.807) is 0 Å². The van der Waals surface area contributed by atoms with E-state index in [1.165, 1.54) is 0 Å². The van der Waals surface area contributed by atoms with Gasteiger partial charge in [-0.25, -0.2) is 0 Å². The summed E-state index contributed by atoms with van der Waals surface area (Å²) >= 11 is 0. The third-order valence-corrected chi connectivity index (χ3v) is 2.75. The molecule has 0 saturated carbocycles. The fourth-order valence-corrected chi connectivity index (χ4v) is 1.94. The Morgan fingerprint density at radius 2 is 1.69 bits per heavy atom. The third kappa shape index (κ3) is 1.38. The van der Waals surface area contributed by atoms with Crippen molar-refractivity contribution < 1.29 is 4.79 Å². The minimum Gasteiger partial charge on any atom is -0.298 e. The molecule has 0 aromatic heterocycles. The maximum absolute atomic E-state index is 10.7. The molecule has 0 unspecified atom stereocenters. The summed E-state index contributed by atoms with van der Waals surface area (Å²) in [4.78, 5) is 10.7. The predicted octanol–water partition coefficient (Wildman–Crippen LogP) is 3.61. The number of carbonyl (C=O) groups excluding carboxylic acids is 1. The predicted molar refractivity (Wildman–Crippen MR) is 65.7 cm³/mol. The van der Waals surface area contributed by atoms with Crippen LogP contribution in [0.25, 0.3) is 21.5 Å². The van der Waals surface area contributed by atoms with Crippen LogP contribution in [0.1, 0.15) is 10.4 Å². The normalized spacial score (nSPS) is 10.8. The van der Waals surface area contributed by atoms with E-state index >= 15 is 0 Å². The van der Waals surface area contributed by atoms with E-state index in [1.807, 2.05) is 36.4 Å². The quantitative estimate of drug-likeness (QED) is 0.438. The van der Waals surface area contributed by atoms with Crippen LogP contribution in [0.2, 0.25) is 0 Å². The summed E-state index contributed by atoms with van der Waals surface area (Å²) < 4.78 is 0. The molecule has 3 aromatic carbocycles. The molecule has 1 heteroatoms. The van der Waals surface area contributed by atoms with Crippen LogP contribution in [-0.4, -0.2) is 6.29 Å². The maximum atomic E-state index is 10.7. The molecule has 0 aliphatic heterocycles. The van der Waals surface area contributed by atoms with Crippen molar-refractivity contribution in [2.45, 2.75) is 0 Å². The number of benzene rings is 3. The van der Waals surface area contributed by atoms with Crippen LogP contribution in [0.15, 0.2) is 48.5 Å². The Morgan fingerprint density at radius 3 is 2.56 bits per heavy atom. The van der Waals surface area contributed by atoms with E-state index in [-0.39, 0.29) is 0 Å². The number of fused-ring (bicyclic) bond motifs is 2. The zero-order chi connectivity index (χ0) is 11.0. The molecule has 1 nitrogen and oxygen atoms in total. The second-order valence-corrected chi connectivity index (χ2v) is 3.82. The van der Waals surface area contributed by atoms with Crippen molar-refractivity contribution in [1.29, 1.82) is 0 Å². The first kappa shape index (κ1) is 9.10. The lowest BCUT2D eigenvalue weighted by molar-refractivity contribution is 0.112. The fraction of sp³-hybridized carbons (Fsp3) is 0. The first-order valence-electron chi connectivity index (χ1n) is 5.17. The highest BCUT2D eigenvalue weighted by molar-refractivity contribution is 5.99. The molecule has 1 radical (unpaired) electrons. The van der Waals surface area contributed by atoms with E-state index in [9.17, 15) is 4.79 Å². The van der Waals surface area contributed by atoms with Crippen LogP contribution < -0.4 is 0 Å². The molecule has 0 aliphatic carbocycles. The monoisotopic (exact) mass is 205 g/mol. The summed E-state index contributed by atoms with van der Waals surface area (Å²) in [7, 11) is 0. The lowest BCUT2D eigenvalue weighted by Gasteiger charge is -2.01. The SMILES string of the molecule is O=Cc1ccc2[c]c3ccccc3cc2c1. The second-order valence-electron chi connectivity index (χ2n) is 3.82. The summed E-state index contributed by atoms with van der Waals surface area (Å²) in [6.45, 7) is 0. The second kappa shape index (κ2) is 3.46. The molecule has 75 valence electrons. The van der Waals surface area contributed by atoms with Crippen LogP contribution in [0.3, 0.4) is 0 Å². The highest BCUT2D eigenvalue weighted by Gasteiger charge is 1.99. The van der Waals surface area contributed by atoms with Gasteiger partial charge in [0, 0.05) is 5.56 Å². The molecule has 0 saturated heterocycles. The number of hydrogen-bond acceptors (Lipinski definition) is 1. The van der Waals surface area contributed by atoms with Crippen molar-refractivity contribution >= 4 is 27.8 Å². The summed E-state index contributed by atoms with van der Waals surface area (Å²) in [5, 5.41) is 4.36. The minimum absolute atomic E-state index is 0.705. The fourth-order valence-electron chi connectivity index (χ4n) is 1.94. The van der Waals surface area contributed by atoms with Gasteiger partial charge in [-0.3, -0.25) is 4.79 Å². The molecule has 0 aliphatic rings. The first-order chi connectivity index (χ1) is 7.86. The molecule has 0 atom stereocenters. The van der Waals surface area contributed by atoms with Crippen molar-refractivity contribution in [1.82, 2.24) is 0 Å². The van der Waals surface area contributed by atoms with Crippen LogP contribution >= 0.6 is 0 Å². The average molecular weight is 205 g/mol. The third-order valence-electron chi connectivity index (χ3n) is 2.75. The van der Waals surface area contributed by atoms with E-state index < -0.39 is 0 Å². The van der Waals surface area contributed by atoms with Gasteiger partial charge in [0.2, 0.25) is 0 Å². The Kier molecular flexibility index (Phi) is 1.97. The molecule has 0 amide bonds. The Bertz CT molecular complexity index is 683. The van der Waals surface area contributed by atoms with E-state index in [2.05, 4.69) is 18.2 Å². The van der Waals surface area contributed by atoms with Gasteiger partial charge in [0.1, 0.15) is 6.29 Å². The molecule has 0 fully saturated rings. The standard InChI is InChI=1S/C15H9O/c16-10-11-5-6-14-8-12-3-1-2-4-13(12)9-15(14)7-11/h1-7,9-10H. The zero-order valence-electron chi connectivity index (χ0n) is 8.60. The Hall–Kier alpha value is -2.15. The largest absolute Gasteiger partial charge is 0.298 e. The van der Waals surface area contributed by atoms with Gasteiger partial charge < -0.3 is 0 Å². The molecule has 3 rings (SSSR count). The Labute approximate surface area is 93.3 Å². The maximum Gasteiger partial charge on any atom is 0.150 e. The van der Waals surface area contributed by atoms with Crippen LogP contribution in [0, 0.1) is 6.07 Å². The van der Waals surface area contributed by atoms with Gasteiger partial charge in [0.15, 0.2) is 0 Å². The van der Waals surface area contributed by atoms with Gasteiger partial charge in [-0.05, 0) is 39.7 Å². The molecule has 16 heavy (non-hydrogen) atoms. The van der Waals surface area contributed by atoms with Crippen LogP contribution in [0.4, 0.5) is 0 Å². The summed E-state index contributed by atoms with van der Waals surface area (Å²) in [6, 6.07) is 19.2. The van der Waals surface area contributed by atoms with Gasteiger partial charge in [-0.15, -0.1) is 0 Å².